The summed E-state index contributed by atoms with van der Waals surface area (Å²) < 4.78 is 6.63. The molecule has 0 bridgehead atoms. The number of nitrogens with one attached hydrogen (secondary N) is 1. The largest absolute Gasteiger partial charge is 0.420 e. The fraction of sp³-hybridized carbons (Fsp3) is 0.143. The summed E-state index contributed by atoms with van der Waals surface area (Å²) in [6, 6.07) is 18.4. The minimum atomic E-state index is -0.331. The Kier molecular flexibility index (Phi) is 4.46. The summed E-state index contributed by atoms with van der Waals surface area (Å²) in [4.78, 5) is 0. The monoisotopic (exact) mass is 420 g/mol. The number of nitrogens with two attached hydrogens (primary N) is 1. The minimum Gasteiger partial charge on any atom is -0.420 e. The lowest BCUT2D eigenvalue weighted by molar-refractivity contribution is 0.379. The number of fused-ring (bicyclic) bond motifs is 1. The normalized spacial score (nSPS) is 15.8. The van der Waals surface area contributed by atoms with Gasteiger partial charge in [0, 0.05) is 10.0 Å². The molecule has 4 rings (SSSR count). The maximum atomic E-state index is 9.75. The number of halogens is 1. The summed E-state index contributed by atoms with van der Waals surface area (Å²) in [5.74, 6) is 0.180. The van der Waals surface area contributed by atoms with Crippen molar-refractivity contribution < 1.29 is 4.74 Å². The van der Waals surface area contributed by atoms with Crippen molar-refractivity contribution in [3.05, 3.63) is 81.2 Å². The van der Waals surface area contributed by atoms with Gasteiger partial charge in [-0.05, 0) is 29.7 Å². The molecule has 2 aromatic carbocycles. The molecule has 0 spiro atoms. The van der Waals surface area contributed by atoms with E-state index in [4.69, 9.17) is 10.5 Å². The zero-order valence-corrected chi connectivity index (χ0v) is 16.2. The molecule has 3 aromatic rings. The van der Waals surface area contributed by atoms with E-state index in [2.05, 4.69) is 51.3 Å². The number of nitrogens with zero attached hydrogens (tertiary/aromatic N) is 2. The summed E-state index contributed by atoms with van der Waals surface area (Å²) >= 11 is 3.46. The van der Waals surface area contributed by atoms with Crippen LogP contribution in [0.15, 0.2) is 64.5 Å². The molecular formula is C21H17BrN4O. The molecule has 0 aliphatic carbocycles. The van der Waals surface area contributed by atoms with Crippen LogP contribution in [0.4, 0.5) is 0 Å². The molecule has 0 amide bonds. The highest BCUT2D eigenvalue weighted by molar-refractivity contribution is 9.10. The van der Waals surface area contributed by atoms with E-state index in [0.717, 1.165) is 33.3 Å². The van der Waals surface area contributed by atoms with Crippen molar-refractivity contribution in [2.75, 3.05) is 0 Å². The molecule has 0 saturated heterocycles. The lowest BCUT2D eigenvalue weighted by atomic mass is 9.82. The van der Waals surface area contributed by atoms with E-state index < -0.39 is 0 Å². The minimum absolute atomic E-state index is 0.100. The number of benzene rings is 2. The van der Waals surface area contributed by atoms with Crippen LogP contribution in [0.3, 0.4) is 0 Å². The smallest absolute Gasteiger partial charge is 0.244 e. The van der Waals surface area contributed by atoms with Gasteiger partial charge in [0.1, 0.15) is 11.6 Å². The fourth-order valence-corrected chi connectivity index (χ4v) is 3.63. The molecule has 1 unspecified atom stereocenters. The summed E-state index contributed by atoms with van der Waals surface area (Å²) in [6.45, 7) is 2.11. The van der Waals surface area contributed by atoms with E-state index in [1.165, 1.54) is 5.56 Å². The average Bonchev–Trinajstić information content (AvgIpc) is 3.11. The predicted octanol–water partition coefficient (Wildman–Crippen LogP) is 4.62. The standard InChI is InChI=1S/C21H17BrN4O/c1-2-12-3-5-13(6-4-12)17-16(11-23)20(24)27-21-18(17)19(25-26-21)14-7-9-15(22)10-8-14/h3-10,17H,2,24H2,1H3,(H,25,26). The van der Waals surface area contributed by atoms with Gasteiger partial charge in [0.05, 0.1) is 17.2 Å². The second kappa shape index (κ2) is 6.93. The van der Waals surface area contributed by atoms with Crippen molar-refractivity contribution in [2.45, 2.75) is 19.3 Å². The maximum absolute atomic E-state index is 9.75. The van der Waals surface area contributed by atoms with Gasteiger partial charge >= 0.3 is 0 Å². The molecule has 27 heavy (non-hydrogen) atoms. The van der Waals surface area contributed by atoms with Crippen LogP contribution in [0.5, 0.6) is 5.88 Å². The quantitative estimate of drug-likeness (QED) is 0.646. The topological polar surface area (TPSA) is 87.7 Å². The molecule has 1 atom stereocenters. The number of aromatic nitrogens is 2. The third kappa shape index (κ3) is 3.00. The zero-order valence-electron chi connectivity index (χ0n) is 14.7. The van der Waals surface area contributed by atoms with Gasteiger partial charge in [0.25, 0.3) is 0 Å². The van der Waals surface area contributed by atoms with E-state index in [0.29, 0.717) is 11.5 Å². The summed E-state index contributed by atoms with van der Waals surface area (Å²) in [7, 11) is 0. The van der Waals surface area contributed by atoms with Crippen LogP contribution >= 0.6 is 15.9 Å². The molecule has 1 aliphatic rings. The Hall–Kier alpha value is -3.04. The number of nitriles is 1. The van der Waals surface area contributed by atoms with Crippen molar-refractivity contribution in [3.63, 3.8) is 0 Å². The van der Waals surface area contributed by atoms with E-state index in [9.17, 15) is 5.26 Å². The average molecular weight is 421 g/mol. The van der Waals surface area contributed by atoms with E-state index in [1.54, 1.807) is 0 Å². The third-order valence-corrected chi connectivity index (χ3v) is 5.32. The predicted molar refractivity (Wildman–Crippen MR) is 107 cm³/mol. The van der Waals surface area contributed by atoms with Crippen LogP contribution in [0.25, 0.3) is 11.3 Å². The first-order chi connectivity index (χ1) is 13.1. The Morgan fingerprint density at radius 2 is 1.89 bits per heavy atom. The molecule has 0 saturated carbocycles. The Morgan fingerprint density at radius 3 is 2.52 bits per heavy atom. The Morgan fingerprint density at radius 1 is 1.19 bits per heavy atom. The van der Waals surface area contributed by atoms with Gasteiger partial charge in [0.15, 0.2) is 0 Å². The van der Waals surface area contributed by atoms with Crippen molar-refractivity contribution in [3.8, 4) is 23.2 Å². The van der Waals surface area contributed by atoms with Crippen LogP contribution in [-0.4, -0.2) is 10.2 Å². The van der Waals surface area contributed by atoms with Gasteiger partial charge in [0.2, 0.25) is 11.8 Å². The van der Waals surface area contributed by atoms with Gasteiger partial charge in [-0.3, -0.25) is 5.10 Å². The van der Waals surface area contributed by atoms with Crippen molar-refractivity contribution in [1.29, 1.82) is 5.26 Å². The number of rotatable bonds is 3. The highest BCUT2D eigenvalue weighted by atomic mass is 79.9. The van der Waals surface area contributed by atoms with Crippen molar-refractivity contribution in [2.24, 2.45) is 5.73 Å². The van der Waals surface area contributed by atoms with Crippen LogP contribution in [0, 0.1) is 11.3 Å². The molecule has 0 fully saturated rings. The fourth-order valence-electron chi connectivity index (χ4n) is 3.36. The van der Waals surface area contributed by atoms with E-state index in [1.807, 2.05) is 36.4 Å². The Bertz CT molecular complexity index is 1060. The molecule has 1 aliphatic heterocycles. The number of H-pyrrole nitrogens is 1. The third-order valence-electron chi connectivity index (χ3n) is 4.79. The molecule has 134 valence electrons. The van der Waals surface area contributed by atoms with Crippen molar-refractivity contribution >= 4 is 15.9 Å². The SMILES string of the molecule is CCc1ccc(C2C(C#N)=C(N)Oc3n[nH]c(-c4ccc(Br)cc4)c32)cc1. The van der Waals surface area contributed by atoms with Crippen LogP contribution < -0.4 is 10.5 Å². The van der Waals surface area contributed by atoms with Gasteiger partial charge < -0.3 is 10.5 Å². The van der Waals surface area contributed by atoms with Crippen molar-refractivity contribution in [1.82, 2.24) is 10.2 Å². The second-order valence-corrected chi connectivity index (χ2v) is 7.26. The van der Waals surface area contributed by atoms with Crippen LogP contribution in [0.1, 0.15) is 29.5 Å². The molecule has 5 nitrogen and oxygen atoms in total. The highest BCUT2D eigenvalue weighted by Gasteiger charge is 2.35. The lowest BCUT2D eigenvalue weighted by Crippen LogP contribution is -2.21. The van der Waals surface area contributed by atoms with Gasteiger partial charge in [-0.25, -0.2) is 0 Å². The maximum Gasteiger partial charge on any atom is 0.244 e. The summed E-state index contributed by atoms with van der Waals surface area (Å²) in [5, 5.41) is 17.1. The Balaban J connectivity index is 1.90. The molecule has 0 radical (unpaired) electrons. The van der Waals surface area contributed by atoms with Crippen LogP contribution in [-0.2, 0) is 6.42 Å². The summed E-state index contributed by atoms with van der Waals surface area (Å²) in [5.41, 5.74) is 11.3. The second-order valence-electron chi connectivity index (χ2n) is 6.34. The molecule has 2 heterocycles. The molecule has 6 heteroatoms. The first-order valence-corrected chi connectivity index (χ1v) is 9.42. The van der Waals surface area contributed by atoms with Gasteiger partial charge in [-0.1, -0.05) is 59.3 Å². The van der Waals surface area contributed by atoms with E-state index >= 15 is 0 Å². The molecular weight excluding hydrogens is 404 g/mol. The van der Waals surface area contributed by atoms with Gasteiger partial charge in [-0.15, -0.1) is 5.10 Å². The number of allylic oxidation sites excluding steroid dienone is 1. The van der Waals surface area contributed by atoms with Gasteiger partial charge in [-0.2, -0.15) is 5.26 Å². The van der Waals surface area contributed by atoms with Crippen LogP contribution in [0.2, 0.25) is 0 Å². The molecule has 1 aromatic heterocycles. The number of aromatic amines is 1. The first kappa shape index (κ1) is 17.4. The number of hydrogen-bond donors (Lipinski definition) is 2. The van der Waals surface area contributed by atoms with E-state index in [-0.39, 0.29) is 11.8 Å². The molecule has 3 N–H and O–H groups in total. The number of aryl methyl sites for hydroxylation is 1. The Labute approximate surface area is 165 Å². The lowest BCUT2D eigenvalue weighted by Gasteiger charge is -2.24. The summed E-state index contributed by atoms with van der Waals surface area (Å²) in [6.07, 6.45) is 0.957. The number of hydrogen-bond acceptors (Lipinski definition) is 4. The highest BCUT2D eigenvalue weighted by Crippen LogP contribution is 2.45. The zero-order chi connectivity index (χ0) is 19.0. The first-order valence-electron chi connectivity index (χ1n) is 8.63. The number of ether oxygens (including phenoxy) is 1.